The lowest BCUT2D eigenvalue weighted by atomic mass is 9.94. The second-order valence-electron chi connectivity index (χ2n) is 4.96. The van der Waals surface area contributed by atoms with Crippen molar-refractivity contribution < 1.29 is 9.53 Å². The van der Waals surface area contributed by atoms with E-state index in [0.717, 1.165) is 16.7 Å². The quantitative estimate of drug-likeness (QED) is 0.655. The zero-order valence-corrected chi connectivity index (χ0v) is 12.9. The molecule has 4 N–H and O–H groups in total. The molecule has 0 aliphatic carbocycles. The first-order valence-corrected chi connectivity index (χ1v) is 7.30. The van der Waals surface area contributed by atoms with Crippen LogP contribution >= 0.6 is 11.6 Å². The molecule has 0 saturated heterocycles. The van der Waals surface area contributed by atoms with Gasteiger partial charge < -0.3 is 16.2 Å². The maximum Gasteiger partial charge on any atom is 0.280 e. The normalized spacial score (nSPS) is 12.7. The highest BCUT2D eigenvalue weighted by molar-refractivity contribution is 6.32. The fourth-order valence-corrected chi connectivity index (χ4v) is 2.68. The Bertz CT molecular complexity index is 839. The van der Waals surface area contributed by atoms with E-state index < -0.39 is 5.91 Å². The zero-order valence-electron chi connectivity index (χ0n) is 12.1. The standard InChI is InChI=1S/C17H14ClN3O2/c18-14-4-2-1-3-12(14)11-7-8-23-15-6-5-10(9-13(11)15)16(22)21-17(19)20/h1-7,9H,8H2,(H4,19,20,21,22). The van der Waals surface area contributed by atoms with Crippen LogP contribution in [-0.2, 0) is 0 Å². The number of aliphatic imine (C=N–C) groups is 1. The number of benzene rings is 2. The molecule has 2 aromatic rings. The third kappa shape index (κ3) is 3.05. The summed E-state index contributed by atoms with van der Waals surface area (Å²) in [6.07, 6.45) is 1.93. The summed E-state index contributed by atoms with van der Waals surface area (Å²) in [5, 5.41) is 0.632. The Labute approximate surface area is 138 Å². The van der Waals surface area contributed by atoms with Gasteiger partial charge in [0.2, 0.25) is 0 Å². The summed E-state index contributed by atoms with van der Waals surface area (Å²) >= 11 is 6.29. The van der Waals surface area contributed by atoms with Crippen molar-refractivity contribution in [1.82, 2.24) is 0 Å². The number of carbonyl (C=O) groups excluding carboxylic acids is 1. The van der Waals surface area contributed by atoms with Gasteiger partial charge in [0.1, 0.15) is 12.4 Å². The van der Waals surface area contributed by atoms with Gasteiger partial charge in [0.05, 0.1) is 0 Å². The van der Waals surface area contributed by atoms with E-state index in [4.69, 9.17) is 27.8 Å². The minimum atomic E-state index is -0.503. The number of carbonyl (C=O) groups is 1. The lowest BCUT2D eigenvalue weighted by Crippen LogP contribution is -2.24. The van der Waals surface area contributed by atoms with Gasteiger partial charge in [-0.1, -0.05) is 29.8 Å². The van der Waals surface area contributed by atoms with Crippen molar-refractivity contribution in [3.8, 4) is 5.75 Å². The Morgan fingerprint density at radius 3 is 2.65 bits per heavy atom. The minimum absolute atomic E-state index is 0.272. The molecule has 1 amide bonds. The van der Waals surface area contributed by atoms with E-state index in [0.29, 0.717) is 22.9 Å². The predicted octanol–water partition coefficient (Wildman–Crippen LogP) is 2.58. The SMILES string of the molecule is NC(N)=NC(=O)c1ccc2c(c1)C(c1ccccc1Cl)=CCO2. The van der Waals surface area contributed by atoms with E-state index in [1.807, 2.05) is 30.3 Å². The second-order valence-corrected chi connectivity index (χ2v) is 5.37. The zero-order chi connectivity index (χ0) is 16.4. The van der Waals surface area contributed by atoms with Crippen LogP contribution in [0.5, 0.6) is 5.75 Å². The Morgan fingerprint density at radius 1 is 1.13 bits per heavy atom. The van der Waals surface area contributed by atoms with Crippen molar-refractivity contribution in [2.24, 2.45) is 16.5 Å². The molecular weight excluding hydrogens is 314 g/mol. The Kier molecular flexibility index (Phi) is 4.04. The third-order valence-electron chi connectivity index (χ3n) is 3.44. The molecule has 2 aromatic carbocycles. The van der Waals surface area contributed by atoms with Crippen LogP contribution in [-0.4, -0.2) is 18.5 Å². The first-order chi connectivity index (χ1) is 11.1. The van der Waals surface area contributed by atoms with Crippen LogP contribution in [0.1, 0.15) is 21.5 Å². The van der Waals surface area contributed by atoms with E-state index in [9.17, 15) is 4.79 Å². The number of nitrogens with two attached hydrogens (primary N) is 2. The minimum Gasteiger partial charge on any atom is -0.489 e. The molecule has 1 aliphatic heterocycles. The molecule has 0 bridgehead atoms. The molecule has 5 nitrogen and oxygen atoms in total. The van der Waals surface area contributed by atoms with Crippen LogP contribution in [0.4, 0.5) is 0 Å². The molecule has 23 heavy (non-hydrogen) atoms. The first-order valence-electron chi connectivity index (χ1n) is 6.92. The number of fused-ring (bicyclic) bond motifs is 1. The highest BCUT2D eigenvalue weighted by atomic mass is 35.5. The number of hydrogen-bond donors (Lipinski definition) is 2. The molecule has 1 heterocycles. The lowest BCUT2D eigenvalue weighted by Gasteiger charge is -2.20. The Morgan fingerprint density at radius 2 is 1.91 bits per heavy atom. The van der Waals surface area contributed by atoms with Gasteiger partial charge in [0, 0.05) is 21.7 Å². The molecule has 0 radical (unpaired) electrons. The summed E-state index contributed by atoms with van der Waals surface area (Å²) in [5.41, 5.74) is 13.5. The smallest absolute Gasteiger partial charge is 0.280 e. The van der Waals surface area contributed by atoms with Crippen LogP contribution in [0, 0.1) is 0 Å². The molecule has 0 spiro atoms. The largest absolute Gasteiger partial charge is 0.489 e. The second kappa shape index (κ2) is 6.14. The van der Waals surface area contributed by atoms with Crippen LogP contribution < -0.4 is 16.2 Å². The number of rotatable bonds is 2. The summed E-state index contributed by atoms with van der Waals surface area (Å²) in [6.45, 7) is 0.439. The summed E-state index contributed by atoms with van der Waals surface area (Å²) in [4.78, 5) is 15.6. The monoisotopic (exact) mass is 327 g/mol. The molecule has 6 heteroatoms. The summed E-state index contributed by atoms with van der Waals surface area (Å²) in [5.74, 6) is -0.0913. The lowest BCUT2D eigenvalue weighted by molar-refractivity contribution is 0.100. The van der Waals surface area contributed by atoms with Crippen LogP contribution in [0.3, 0.4) is 0 Å². The van der Waals surface area contributed by atoms with Crippen LogP contribution in [0.25, 0.3) is 5.57 Å². The molecule has 0 unspecified atom stereocenters. The van der Waals surface area contributed by atoms with Gasteiger partial charge in [-0.05, 0) is 35.9 Å². The van der Waals surface area contributed by atoms with Gasteiger partial charge in [0.25, 0.3) is 5.91 Å². The van der Waals surface area contributed by atoms with Crippen molar-refractivity contribution in [1.29, 1.82) is 0 Å². The number of nitrogens with zero attached hydrogens (tertiary/aromatic N) is 1. The van der Waals surface area contributed by atoms with Crippen LogP contribution in [0.2, 0.25) is 5.02 Å². The van der Waals surface area contributed by atoms with Crippen molar-refractivity contribution in [3.05, 3.63) is 70.3 Å². The Balaban J connectivity index is 2.09. The fourth-order valence-electron chi connectivity index (χ4n) is 2.44. The number of guanidine groups is 1. The van der Waals surface area contributed by atoms with Crippen LogP contribution in [0.15, 0.2) is 53.5 Å². The van der Waals surface area contributed by atoms with Gasteiger partial charge in [-0.25, -0.2) is 0 Å². The van der Waals surface area contributed by atoms with Gasteiger partial charge in [-0.2, -0.15) is 4.99 Å². The summed E-state index contributed by atoms with van der Waals surface area (Å²) in [6, 6.07) is 12.6. The average molecular weight is 328 g/mol. The maximum absolute atomic E-state index is 12.0. The number of halogens is 1. The van der Waals surface area contributed by atoms with E-state index in [1.54, 1.807) is 18.2 Å². The molecule has 116 valence electrons. The van der Waals surface area contributed by atoms with Crippen molar-refractivity contribution in [3.63, 3.8) is 0 Å². The van der Waals surface area contributed by atoms with Crippen molar-refractivity contribution in [2.45, 2.75) is 0 Å². The molecule has 0 atom stereocenters. The molecule has 0 fully saturated rings. The van der Waals surface area contributed by atoms with Crippen molar-refractivity contribution >= 4 is 29.0 Å². The van der Waals surface area contributed by atoms with E-state index in [2.05, 4.69) is 4.99 Å². The molecule has 3 rings (SSSR count). The fraction of sp³-hybridized carbons (Fsp3) is 0.0588. The first kappa shape index (κ1) is 15.1. The number of ether oxygens (including phenoxy) is 1. The Hall–Kier alpha value is -2.79. The van der Waals surface area contributed by atoms with E-state index in [1.165, 1.54) is 0 Å². The number of amides is 1. The highest BCUT2D eigenvalue weighted by Gasteiger charge is 2.19. The topological polar surface area (TPSA) is 90.7 Å². The molecule has 0 aromatic heterocycles. The van der Waals surface area contributed by atoms with Gasteiger partial charge in [-0.15, -0.1) is 0 Å². The molecule has 0 saturated carbocycles. The van der Waals surface area contributed by atoms with Gasteiger partial charge in [0.15, 0.2) is 5.96 Å². The van der Waals surface area contributed by atoms with E-state index >= 15 is 0 Å². The highest BCUT2D eigenvalue weighted by Crippen LogP contribution is 2.37. The average Bonchev–Trinajstić information content (AvgIpc) is 2.54. The van der Waals surface area contributed by atoms with Gasteiger partial charge in [-0.3, -0.25) is 4.79 Å². The number of hydrogen-bond acceptors (Lipinski definition) is 2. The third-order valence-corrected chi connectivity index (χ3v) is 3.77. The van der Waals surface area contributed by atoms with E-state index in [-0.39, 0.29) is 5.96 Å². The van der Waals surface area contributed by atoms with Crippen molar-refractivity contribution in [2.75, 3.05) is 6.61 Å². The maximum atomic E-state index is 12.0. The summed E-state index contributed by atoms with van der Waals surface area (Å²) < 4.78 is 5.61. The summed E-state index contributed by atoms with van der Waals surface area (Å²) in [7, 11) is 0. The molecule has 1 aliphatic rings. The van der Waals surface area contributed by atoms with Gasteiger partial charge >= 0.3 is 0 Å². The predicted molar refractivity (Wildman–Crippen MR) is 90.6 cm³/mol. The molecular formula is C17H14ClN3O2.